The zero-order valence-electron chi connectivity index (χ0n) is 11.1. The summed E-state index contributed by atoms with van der Waals surface area (Å²) < 4.78 is 0. The number of carbonyl (C=O) groups excluding carboxylic acids is 1. The van der Waals surface area contributed by atoms with E-state index in [2.05, 4.69) is 0 Å². The predicted molar refractivity (Wildman–Crippen MR) is 73.7 cm³/mol. The minimum absolute atomic E-state index is 0.0207. The van der Waals surface area contributed by atoms with Gasteiger partial charge in [0.15, 0.2) is 0 Å². The van der Waals surface area contributed by atoms with Gasteiger partial charge in [-0.25, -0.2) is 0 Å². The Morgan fingerprint density at radius 2 is 2.05 bits per heavy atom. The molecule has 0 radical (unpaired) electrons. The molecule has 1 amide bonds. The second kappa shape index (κ2) is 7.64. The zero-order valence-corrected chi connectivity index (χ0v) is 11.9. The van der Waals surface area contributed by atoms with Crippen LogP contribution in [0.2, 0.25) is 0 Å². The number of carboxylic acids is 2. The molecule has 1 aromatic rings. The highest BCUT2D eigenvalue weighted by Crippen LogP contribution is 2.12. The summed E-state index contributed by atoms with van der Waals surface area (Å²) in [5.74, 6) is -2.99. The van der Waals surface area contributed by atoms with Crippen LogP contribution in [-0.2, 0) is 20.8 Å². The minimum Gasteiger partial charge on any atom is -0.481 e. The number of rotatable bonds is 8. The van der Waals surface area contributed by atoms with Gasteiger partial charge in [-0.2, -0.15) is 0 Å². The molecular formula is C13H17NO5S. The van der Waals surface area contributed by atoms with Gasteiger partial charge in [0.25, 0.3) is 0 Å². The van der Waals surface area contributed by atoms with Gasteiger partial charge in [0.2, 0.25) is 5.91 Å². The molecule has 1 rings (SSSR count). The van der Waals surface area contributed by atoms with Crippen molar-refractivity contribution < 1.29 is 24.6 Å². The molecule has 1 atom stereocenters. The molecular weight excluding hydrogens is 282 g/mol. The number of thiophene rings is 1. The Labute approximate surface area is 120 Å². The van der Waals surface area contributed by atoms with E-state index < -0.39 is 17.9 Å². The third-order valence-corrected chi connectivity index (χ3v) is 3.65. The SMILES string of the molecule is CC(CN(CCC(=O)O)C(=O)Cc1cccs1)C(=O)O. The molecule has 1 unspecified atom stereocenters. The maximum absolute atomic E-state index is 12.1. The predicted octanol–water partition coefficient (Wildman–Crippen LogP) is 1.31. The summed E-state index contributed by atoms with van der Waals surface area (Å²) in [6, 6.07) is 3.65. The molecule has 1 heterocycles. The Bertz CT molecular complexity index is 471. The summed E-state index contributed by atoms with van der Waals surface area (Å²) >= 11 is 1.44. The van der Waals surface area contributed by atoms with Crippen LogP contribution in [0.4, 0.5) is 0 Å². The van der Waals surface area contributed by atoms with Crippen molar-refractivity contribution in [2.45, 2.75) is 19.8 Å². The number of hydrogen-bond acceptors (Lipinski definition) is 4. The molecule has 1 aromatic heterocycles. The van der Waals surface area contributed by atoms with Gasteiger partial charge < -0.3 is 15.1 Å². The van der Waals surface area contributed by atoms with Gasteiger partial charge in [0.1, 0.15) is 0 Å². The Kier molecular flexibility index (Phi) is 6.17. The number of amides is 1. The first kappa shape index (κ1) is 16.2. The van der Waals surface area contributed by atoms with E-state index in [9.17, 15) is 14.4 Å². The second-order valence-electron chi connectivity index (χ2n) is 4.48. The monoisotopic (exact) mass is 299 g/mol. The highest BCUT2D eigenvalue weighted by atomic mass is 32.1. The van der Waals surface area contributed by atoms with Crippen LogP contribution < -0.4 is 0 Å². The quantitative estimate of drug-likeness (QED) is 0.754. The zero-order chi connectivity index (χ0) is 15.1. The normalized spacial score (nSPS) is 11.8. The van der Waals surface area contributed by atoms with Gasteiger partial charge in [-0.1, -0.05) is 13.0 Å². The van der Waals surface area contributed by atoms with Gasteiger partial charge in [-0.3, -0.25) is 14.4 Å². The first-order valence-electron chi connectivity index (χ1n) is 6.15. The number of nitrogens with zero attached hydrogens (tertiary/aromatic N) is 1. The maximum atomic E-state index is 12.1. The first-order valence-corrected chi connectivity index (χ1v) is 7.03. The third kappa shape index (κ3) is 5.40. The number of carboxylic acid groups (broad SMARTS) is 2. The molecule has 0 aliphatic rings. The van der Waals surface area contributed by atoms with Crippen molar-refractivity contribution in [1.29, 1.82) is 0 Å². The Morgan fingerprint density at radius 3 is 2.55 bits per heavy atom. The number of carbonyl (C=O) groups is 3. The van der Waals surface area contributed by atoms with E-state index in [1.165, 1.54) is 23.2 Å². The minimum atomic E-state index is -1.01. The van der Waals surface area contributed by atoms with E-state index >= 15 is 0 Å². The van der Waals surface area contributed by atoms with E-state index in [0.29, 0.717) is 0 Å². The molecule has 0 saturated carbocycles. The van der Waals surface area contributed by atoms with Crippen molar-refractivity contribution in [3.8, 4) is 0 Å². The van der Waals surface area contributed by atoms with Crippen LogP contribution >= 0.6 is 11.3 Å². The van der Waals surface area contributed by atoms with E-state index in [0.717, 1.165) is 4.88 Å². The highest BCUT2D eigenvalue weighted by Gasteiger charge is 2.21. The van der Waals surface area contributed by atoms with Crippen LogP contribution in [-0.4, -0.2) is 46.0 Å². The molecule has 0 aliphatic carbocycles. The van der Waals surface area contributed by atoms with Gasteiger partial charge >= 0.3 is 11.9 Å². The Morgan fingerprint density at radius 1 is 1.35 bits per heavy atom. The molecule has 0 aliphatic heterocycles. The van der Waals surface area contributed by atoms with Gasteiger partial charge in [0.05, 0.1) is 18.8 Å². The van der Waals surface area contributed by atoms with Crippen molar-refractivity contribution in [3.63, 3.8) is 0 Å². The van der Waals surface area contributed by atoms with Crippen molar-refractivity contribution in [2.24, 2.45) is 5.92 Å². The lowest BCUT2D eigenvalue weighted by Crippen LogP contribution is -2.39. The van der Waals surface area contributed by atoms with E-state index in [-0.39, 0.29) is 31.8 Å². The Hall–Kier alpha value is -1.89. The van der Waals surface area contributed by atoms with Crippen LogP contribution in [0.5, 0.6) is 0 Å². The smallest absolute Gasteiger partial charge is 0.308 e. The molecule has 20 heavy (non-hydrogen) atoms. The van der Waals surface area contributed by atoms with Crippen molar-refractivity contribution >= 4 is 29.2 Å². The lowest BCUT2D eigenvalue weighted by atomic mass is 10.1. The van der Waals surface area contributed by atoms with Gasteiger partial charge in [-0.15, -0.1) is 11.3 Å². The molecule has 0 aromatic carbocycles. The summed E-state index contributed by atoms with van der Waals surface area (Å²) in [5.41, 5.74) is 0. The summed E-state index contributed by atoms with van der Waals surface area (Å²) in [6.45, 7) is 1.54. The van der Waals surface area contributed by atoms with Gasteiger partial charge in [-0.05, 0) is 11.4 Å². The van der Waals surface area contributed by atoms with Crippen LogP contribution in [0.1, 0.15) is 18.2 Å². The fourth-order valence-corrected chi connectivity index (χ4v) is 2.33. The molecule has 2 N–H and O–H groups in total. The second-order valence-corrected chi connectivity index (χ2v) is 5.51. The lowest BCUT2D eigenvalue weighted by molar-refractivity contribution is -0.143. The van der Waals surface area contributed by atoms with Crippen LogP contribution in [0.25, 0.3) is 0 Å². The summed E-state index contributed by atoms with van der Waals surface area (Å²) in [4.78, 5) is 35.8. The van der Waals surface area contributed by atoms with Crippen LogP contribution in [0.15, 0.2) is 17.5 Å². The summed E-state index contributed by atoms with van der Waals surface area (Å²) in [6.07, 6.45) is -0.0217. The first-order chi connectivity index (χ1) is 9.40. The molecule has 0 bridgehead atoms. The van der Waals surface area contributed by atoms with Crippen molar-refractivity contribution in [3.05, 3.63) is 22.4 Å². The molecule has 0 saturated heterocycles. The standard InChI is InChI=1S/C13H17NO5S/c1-9(13(18)19)8-14(5-4-12(16)17)11(15)7-10-3-2-6-20-10/h2-3,6,9H,4-5,7-8H2,1H3,(H,16,17)(H,18,19). The fraction of sp³-hybridized carbons (Fsp3) is 0.462. The summed E-state index contributed by atoms with van der Waals surface area (Å²) in [5, 5.41) is 19.4. The topological polar surface area (TPSA) is 94.9 Å². The van der Waals surface area contributed by atoms with E-state index in [1.807, 2.05) is 17.5 Å². The molecule has 110 valence electrons. The third-order valence-electron chi connectivity index (χ3n) is 2.77. The Balaban J connectivity index is 2.66. The number of hydrogen-bond donors (Lipinski definition) is 2. The largest absolute Gasteiger partial charge is 0.481 e. The molecule has 0 spiro atoms. The molecule has 7 heteroatoms. The van der Waals surface area contributed by atoms with Crippen molar-refractivity contribution in [1.82, 2.24) is 4.90 Å². The van der Waals surface area contributed by atoms with E-state index in [1.54, 1.807) is 0 Å². The summed E-state index contributed by atoms with van der Waals surface area (Å²) in [7, 11) is 0. The highest BCUT2D eigenvalue weighted by molar-refractivity contribution is 7.10. The van der Waals surface area contributed by atoms with Crippen LogP contribution in [0.3, 0.4) is 0 Å². The average molecular weight is 299 g/mol. The van der Waals surface area contributed by atoms with Crippen molar-refractivity contribution in [2.75, 3.05) is 13.1 Å². The maximum Gasteiger partial charge on any atom is 0.308 e. The lowest BCUT2D eigenvalue weighted by Gasteiger charge is -2.23. The van der Waals surface area contributed by atoms with Crippen LogP contribution in [0, 0.1) is 5.92 Å². The number of aliphatic carboxylic acids is 2. The average Bonchev–Trinajstić information content (AvgIpc) is 2.86. The fourth-order valence-electron chi connectivity index (χ4n) is 1.63. The molecule has 0 fully saturated rings. The van der Waals surface area contributed by atoms with E-state index in [4.69, 9.17) is 10.2 Å². The van der Waals surface area contributed by atoms with Gasteiger partial charge in [0, 0.05) is 18.0 Å². The molecule has 6 nitrogen and oxygen atoms in total.